The monoisotopic (exact) mass is 804 g/mol. The smallest absolute Gasteiger partial charge is 0.403 e. The highest BCUT2D eigenvalue weighted by Gasteiger charge is 2.50. The Morgan fingerprint density at radius 3 is 1.33 bits per heavy atom. The Morgan fingerprint density at radius 2 is 0.948 bits per heavy atom. The predicted molar refractivity (Wildman–Crippen MR) is 239 cm³/mol. The summed E-state index contributed by atoms with van der Waals surface area (Å²) in [7, 11) is -6.87. The molecule has 0 bridgehead atoms. The highest BCUT2D eigenvalue weighted by Crippen LogP contribution is 2.55. The normalized spacial score (nSPS) is 14.2. The number of phosphoric ester groups is 1. The van der Waals surface area contributed by atoms with E-state index in [0.29, 0.717) is 6.61 Å². The van der Waals surface area contributed by atoms with E-state index in [9.17, 15) is 0 Å². The Hall–Kier alpha value is -4.65. The number of phosphoric acid groups is 1. The van der Waals surface area contributed by atoms with Gasteiger partial charge in [0.2, 0.25) is 0 Å². The van der Waals surface area contributed by atoms with Crippen LogP contribution >= 0.6 is 7.82 Å². The van der Waals surface area contributed by atoms with Crippen LogP contribution in [-0.2, 0) is 22.6 Å². The number of hydrogen-bond acceptors (Lipinski definition) is 5. The van der Waals surface area contributed by atoms with Crippen molar-refractivity contribution in [2.75, 3.05) is 26.4 Å². The summed E-state index contributed by atoms with van der Waals surface area (Å²) in [5.74, 6) is -0.209. The van der Waals surface area contributed by atoms with Crippen LogP contribution in [0.25, 0.3) is 22.3 Å². The van der Waals surface area contributed by atoms with Gasteiger partial charge in [0.05, 0.1) is 26.4 Å². The van der Waals surface area contributed by atoms with Crippen molar-refractivity contribution >= 4 is 26.5 Å². The molecule has 7 heteroatoms. The van der Waals surface area contributed by atoms with Crippen molar-refractivity contribution in [1.82, 2.24) is 0 Å². The zero-order valence-corrected chi connectivity index (χ0v) is 35.9. The summed E-state index contributed by atoms with van der Waals surface area (Å²) < 4.78 is 41.5. The molecule has 8 rings (SSSR count). The van der Waals surface area contributed by atoms with Gasteiger partial charge >= 0.3 is 7.82 Å². The van der Waals surface area contributed by atoms with E-state index in [4.69, 9.17) is 18.0 Å². The van der Waals surface area contributed by atoms with Gasteiger partial charge in [0.25, 0.3) is 8.32 Å². The van der Waals surface area contributed by atoms with E-state index < -0.39 is 16.1 Å². The summed E-state index contributed by atoms with van der Waals surface area (Å²) in [5.41, 5.74) is 10.4. The first-order valence-corrected chi connectivity index (χ1v) is 23.9. The van der Waals surface area contributed by atoms with Crippen LogP contribution < -0.4 is 10.4 Å². The average Bonchev–Trinajstić information content (AvgIpc) is 3.75. The van der Waals surface area contributed by atoms with E-state index in [-0.39, 0.29) is 36.7 Å². The molecule has 0 radical (unpaired) electrons. The fourth-order valence-corrected chi connectivity index (χ4v) is 14.8. The molecule has 0 amide bonds. The van der Waals surface area contributed by atoms with Crippen LogP contribution in [0.5, 0.6) is 0 Å². The number of benzene rings is 6. The van der Waals surface area contributed by atoms with Gasteiger partial charge in [0.1, 0.15) is 0 Å². The summed E-state index contributed by atoms with van der Waals surface area (Å²) in [6.45, 7) is 9.85. The van der Waals surface area contributed by atoms with Crippen molar-refractivity contribution in [3.05, 3.63) is 192 Å². The molecule has 0 N–H and O–H groups in total. The first-order valence-electron chi connectivity index (χ1n) is 20.6. The van der Waals surface area contributed by atoms with Crippen LogP contribution in [0.3, 0.4) is 0 Å². The maximum absolute atomic E-state index is 15.0. The third-order valence-corrected chi connectivity index (χ3v) is 18.2. The lowest BCUT2D eigenvalue weighted by Gasteiger charge is -2.43. The topological polar surface area (TPSA) is 54.0 Å². The molecule has 0 fully saturated rings. The fourth-order valence-electron chi connectivity index (χ4n) is 9.09. The number of hydrogen-bond donors (Lipinski definition) is 0. The molecule has 6 aromatic carbocycles. The zero-order chi connectivity index (χ0) is 40.2. The van der Waals surface area contributed by atoms with Crippen LogP contribution in [0.4, 0.5) is 0 Å². The van der Waals surface area contributed by atoms with Crippen LogP contribution in [0, 0.1) is 0 Å². The average molecular weight is 805 g/mol. The van der Waals surface area contributed by atoms with Crippen LogP contribution in [0.15, 0.2) is 169 Å². The molecule has 0 heterocycles. The Kier molecular flexibility index (Phi) is 12.0. The summed E-state index contributed by atoms with van der Waals surface area (Å²) in [5, 5.41) is 2.31. The lowest BCUT2D eigenvalue weighted by atomic mass is 9.98. The first-order chi connectivity index (χ1) is 28.2. The molecule has 0 aromatic heterocycles. The van der Waals surface area contributed by atoms with E-state index in [1.54, 1.807) is 0 Å². The van der Waals surface area contributed by atoms with Crippen molar-refractivity contribution in [2.24, 2.45) is 0 Å². The van der Waals surface area contributed by atoms with E-state index in [1.807, 2.05) is 30.3 Å². The molecular formula is C51H53O5PSi. The molecular weight excluding hydrogens is 752 g/mol. The van der Waals surface area contributed by atoms with Crippen molar-refractivity contribution in [2.45, 2.75) is 57.4 Å². The highest BCUT2D eigenvalue weighted by atomic mass is 31.2. The number of fused-ring (bicyclic) bond motifs is 6. The van der Waals surface area contributed by atoms with Crippen molar-refractivity contribution < 1.29 is 22.6 Å². The quantitative estimate of drug-likeness (QED) is 0.0554. The molecule has 0 atom stereocenters. The largest absolute Gasteiger partial charge is 0.475 e. The van der Waals surface area contributed by atoms with Gasteiger partial charge in [0, 0.05) is 11.8 Å². The van der Waals surface area contributed by atoms with Gasteiger partial charge in [-0.2, -0.15) is 0 Å². The number of rotatable bonds is 16. The van der Waals surface area contributed by atoms with Gasteiger partial charge in [-0.25, -0.2) is 4.57 Å². The molecule has 0 spiro atoms. The minimum atomic E-state index is -4.10. The van der Waals surface area contributed by atoms with Crippen molar-refractivity contribution in [3.8, 4) is 22.3 Å². The summed E-state index contributed by atoms with van der Waals surface area (Å²) >= 11 is 0. The lowest BCUT2D eigenvalue weighted by Crippen LogP contribution is -2.66. The minimum absolute atomic E-state index is 0.0619. The molecule has 0 unspecified atom stereocenters. The van der Waals surface area contributed by atoms with E-state index in [0.717, 1.165) is 40.7 Å². The van der Waals surface area contributed by atoms with Gasteiger partial charge in [-0.1, -0.05) is 198 Å². The zero-order valence-electron chi connectivity index (χ0n) is 34.0. The Bertz CT molecular complexity index is 2190. The van der Waals surface area contributed by atoms with E-state index in [2.05, 4.69) is 161 Å². The Balaban J connectivity index is 1.07. The second-order valence-corrected chi connectivity index (χ2v) is 22.3. The molecule has 2 aliphatic carbocycles. The molecule has 0 aliphatic heterocycles. The molecule has 2 aliphatic rings. The second kappa shape index (κ2) is 17.3. The van der Waals surface area contributed by atoms with Gasteiger partial charge in [-0.15, -0.1) is 0 Å². The molecule has 6 aromatic rings. The molecule has 5 nitrogen and oxygen atoms in total. The highest BCUT2D eigenvalue weighted by molar-refractivity contribution is 7.48. The van der Waals surface area contributed by atoms with Gasteiger partial charge < -0.3 is 4.43 Å². The predicted octanol–water partition coefficient (Wildman–Crippen LogP) is 12.1. The SMILES string of the molecule is CCCC(=CCOP(=O)(OCC1c2ccccc2-c2ccccc21)OCC1c2ccccc2-c2ccccc21)CO[Si](c1ccccc1)(c1ccccc1)C(C)(C)C. The lowest BCUT2D eigenvalue weighted by molar-refractivity contribution is 0.116. The van der Waals surface area contributed by atoms with Crippen LogP contribution in [-0.4, -0.2) is 34.7 Å². The van der Waals surface area contributed by atoms with E-state index in [1.165, 1.54) is 32.6 Å². The van der Waals surface area contributed by atoms with Crippen LogP contribution in [0.2, 0.25) is 5.04 Å². The molecule has 58 heavy (non-hydrogen) atoms. The standard InChI is InChI=1S/C51H53O5PSi/c1-5-20-38(35-56-58(51(2,3)4,39-21-8-6-9-22-39)40-23-10-7-11-24-40)33-34-53-57(52,54-36-49-45-29-16-12-25-41(45)42-26-13-17-30-46(42)49)55-37-50-47-31-18-14-27-43(47)44-28-15-19-32-48(44)50/h6-19,21-33,49-50H,5,20,34-37H2,1-4H3. The maximum Gasteiger partial charge on any atom is 0.475 e. The van der Waals surface area contributed by atoms with Gasteiger partial charge in [0.15, 0.2) is 0 Å². The Morgan fingerprint density at radius 1 is 0.569 bits per heavy atom. The Labute approximate surface area is 345 Å². The van der Waals surface area contributed by atoms with Gasteiger partial charge in [-0.3, -0.25) is 13.6 Å². The molecule has 0 saturated heterocycles. The minimum Gasteiger partial charge on any atom is -0.403 e. The third kappa shape index (κ3) is 7.90. The second-order valence-electron chi connectivity index (χ2n) is 16.4. The first kappa shape index (κ1) is 40.1. The summed E-state index contributed by atoms with van der Waals surface area (Å²) in [4.78, 5) is 0. The van der Waals surface area contributed by atoms with Crippen molar-refractivity contribution in [1.29, 1.82) is 0 Å². The molecule has 0 saturated carbocycles. The van der Waals surface area contributed by atoms with Crippen LogP contribution in [0.1, 0.15) is 74.6 Å². The maximum atomic E-state index is 15.0. The summed E-state index contributed by atoms with van der Waals surface area (Å²) in [6, 6.07) is 54.9. The summed E-state index contributed by atoms with van der Waals surface area (Å²) in [6.07, 6.45) is 3.78. The van der Waals surface area contributed by atoms with Gasteiger partial charge in [-0.05, 0) is 71.9 Å². The third-order valence-electron chi connectivity index (χ3n) is 11.8. The molecule has 296 valence electrons. The van der Waals surface area contributed by atoms with Crippen molar-refractivity contribution in [3.63, 3.8) is 0 Å². The van der Waals surface area contributed by atoms with E-state index >= 15 is 4.57 Å². The fraction of sp³-hybridized carbons (Fsp3) is 0.255.